The molecule has 0 bridgehead atoms. The third kappa shape index (κ3) is 3.07. The van der Waals surface area contributed by atoms with E-state index < -0.39 is 5.97 Å². The van der Waals surface area contributed by atoms with Gasteiger partial charge in [-0.05, 0) is 25.4 Å². The first-order valence-electron chi connectivity index (χ1n) is 5.43. The molecule has 0 unspecified atom stereocenters. The minimum absolute atomic E-state index is 0.00785. The van der Waals surface area contributed by atoms with Gasteiger partial charge in [0.2, 0.25) is 0 Å². The smallest absolute Gasteiger partial charge is 0.345 e. The molecular formula is C10H17N3O3S. The molecule has 17 heavy (non-hydrogen) atoms. The number of likely N-dealkylation sites (N-methyl/N-ethyl adjacent to an activating group) is 1. The van der Waals surface area contributed by atoms with Gasteiger partial charge in [0.15, 0.2) is 5.82 Å². The molecule has 0 aliphatic rings. The maximum absolute atomic E-state index is 11.7. The van der Waals surface area contributed by atoms with Crippen LogP contribution < -0.4 is 10.6 Å². The maximum atomic E-state index is 11.7. The fourth-order valence-corrected chi connectivity index (χ4v) is 2.32. The molecule has 0 aliphatic carbocycles. The molecular weight excluding hydrogens is 242 g/mol. The number of ether oxygens (including phenoxy) is 1. The van der Waals surface area contributed by atoms with Crippen LogP contribution in [0.4, 0.5) is 10.8 Å². The lowest BCUT2D eigenvalue weighted by Gasteiger charge is -2.20. The lowest BCUT2D eigenvalue weighted by molar-refractivity contribution is 0.0528. The number of rotatable bonds is 6. The van der Waals surface area contributed by atoms with Crippen molar-refractivity contribution in [2.24, 2.45) is 0 Å². The Morgan fingerprint density at radius 1 is 1.59 bits per heavy atom. The summed E-state index contributed by atoms with van der Waals surface area (Å²) in [5, 5.41) is 9.61. The zero-order valence-corrected chi connectivity index (χ0v) is 10.8. The van der Waals surface area contributed by atoms with Gasteiger partial charge in [-0.15, -0.1) is 0 Å². The quantitative estimate of drug-likeness (QED) is 0.732. The Morgan fingerprint density at radius 2 is 2.29 bits per heavy atom. The van der Waals surface area contributed by atoms with Crippen LogP contribution in [0.1, 0.15) is 24.2 Å². The van der Waals surface area contributed by atoms with Crippen LogP contribution in [0.25, 0.3) is 0 Å². The number of anilines is 2. The number of nitrogens with zero attached hydrogens (tertiary/aromatic N) is 2. The summed E-state index contributed by atoms with van der Waals surface area (Å²) in [6, 6.07) is 0. The lowest BCUT2D eigenvalue weighted by atomic mass is 10.3. The maximum Gasteiger partial charge on any atom is 0.345 e. The summed E-state index contributed by atoms with van der Waals surface area (Å²) in [7, 11) is 0. The largest absolute Gasteiger partial charge is 0.462 e. The van der Waals surface area contributed by atoms with Crippen molar-refractivity contribution < 1.29 is 14.6 Å². The predicted octanol–water partition coefficient (Wildman–Crippen LogP) is 0.721. The number of aliphatic hydroxyl groups excluding tert-OH is 1. The van der Waals surface area contributed by atoms with Gasteiger partial charge < -0.3 is 20.5 Å². The second-order valence-corrected chi connectivity index (χ2v) is 4.02. The second kappa shape index (κ2) is 6.41. The van der Waals surface area contributed by atoms with E-state index in [1.54, 1.807) is 6.92 Å². The van der Waals surface area contributed by atoms with Gasteiger partial charge in [-0.1, -0.05) is 0 Å². The van der Waals surface area contributed by atoms with E-state index in [0.717, 1.165) is 11.5 Å². The molecule has 96 valence electrons. The number of carbonyl (C=O) groups excluding carboxylic acids is 1. The third-order valence-corrected chi connectivity index (χ3v) is 3.14. The van der Waals surface area contributed by atoms with Crippen LogP contribution >= 0.6 is 11.5 Å². The molecule has 0 atom stereocenters. The number of aromatic nitrogens is 1. The highest BCUT2D eigenvalue weighted by Gasteiger charge is 2.23. The van der Waals surface area contributed by atoms with Crippen molar-refractivity contribution in [2.45, 2.75) is 13.8 Å². The van der Waals surface area contributed by atoms with Crippen LogP contribution in [0.3, 0.4) is 0 Å². The molecule has 7 heteroatoms. The molecule has 6 nitrogen and oxygen atoms in total. The van der Waals surface area contributed by atoms with E-state index in [0.29, 0.717) is 30.3 Å². The van der Waals surface area contributed by atoms with E-state index >= 15 is 0 Å². The standard InChI is InChI=1S/C10H17N3O3S/c1-3-13(5-6-14)9-7(8(11)12-17-9)10(15)16-4-2/h14H,3-6H2,1-2H3,(H2,11,12). The van der Waals surface area contributed by atoms with Gasteiger partial charge in [-0.3, -0.25) is 0 Å². The van der Waals surface area contributed by atoms with Crippen molar-refractivity contribution in [3.63, 3.8) is 0 Å². The summed E-state index contributed by atoms with van der Waals surface area (Å²) in [5.41, 5.74) is 5.97. The lowest BCUT2D eigenvalue weighted by Crippen LogP contribution is -2.27. The summed E-state index contributed by atoms with van der Waals surface area (Å²) in [4.78, 5) is 13.6. The Hall–Kier alpha value is -1.34. The van der Waals surface area contributed by atoms with E-state index in [1.165, 1.54) is 0 Å². The highest BCUT2D eigenvalue weighted by molar-refractivity contribution is 7.11. The fraction of sp³-hybridized carbons (Fsp3) is 0.600. The number of nitrogen functional groups attached to an aromatic ring is 1. The van der Waals surface area contributed by atoms with Gasteiger partial charge in [-0.2, -0.15) is 4.37 Å². The van der Waals surface area contributed by atoms with Crippen molar-refractivity contribution in [1.29, 1.82) is 0 Å². The fourth-order valence-electron chi connectivity index (χ4n) is 1.43. The Labute approximate surface area is 104 Å². The van der Waals surface area contributed by atoms with Crippen molar-refractivity contribution in [1.82, 2.24) is 4.37 Å². The number of hydrogen-bond acceptors (Lipinski definition) is 7. The molecule has 0 aliphatic heterocycles. The average Bonchev–Trinajstić information content (AvgIpc) is 2.68. The normalized spacial score (nSPS) is 10.3. The molecule has 1 rings (SSSR count). The monoisotopic (exact) mass is 259 g/mol. The highest BCUT2D eigenvalue weighted by atomic mass is 32.1. The molecule has 1 aromatic rings. The van der Waals surface area contributed by atoms with E-state index in [4.69, 9.17) is 15.6 Å². The predicted molar refractivity (Wildman–Crippen MR) is 67.5 cm³/mol. The first kappa shape index (κ1) is 13.7. The SMILES string of the molecule is CCOC(=O)c1c(N)nsc1N(CC)CCO. The minimum atomic E-state index is -0.467. The second-order valence-electron chi connectivity index (χ2n) is 3.27. The Bertz CT molecular complexity index is 381. The highest BCUT2D eigenvalue weighted by Crippen LogP contribution is 2.30. The number of carbonyl (C=O) groups is 1. The van der Waals surface area contributed by atoms with Crippen LogP contribution in [-0.2, 0) is 4.74 Å². The van der Waals surface area contributed by atoms with E-state index in [1.807, 2.05) is 11.8 Å². The van der Waals surface area contributed by atoms with Gasteiger partial charge in [0.25, 0.3) is 0 Å². The Balaban J connectivity index is 3.03. The zero-order valence-electron chi connectivity index (χ0n) is 9.97. The number of hydrogen-bond donors (Lipinski definition) is 2. The Kier molecular flexibility index (Phi) is 5.17. The topological polar surface area (TPSA) is 88.7 Å². The van der Waals surface area contributed by atoms with Gasteiger partial charge in [0.1, 0.15) is 10.6 Å². The zero-order chi connectivity index (χ0) is 12.8. The van der Waals surface area contributed by atoms with Crippen LogP contribution in [0, 0.1) is 0 Å². The summed E-state index contributed by atoms with van der Waals surface area (Å²) in [6.45, 7) is 5.06. The molecule has 0 spiro atoms. The minimum Gasteiger partial charge on any atom is -0.462 e. The first-order valence-corrected chi connectivity index (χ1v) is 6.21. The van der Waals surface area contributed by atoms with Crippen LogP contribution in [0.2, 0.25) is 0 Å². The molecule has 0 saturated heterocycles. The number of nitrogens with two attached hydrogens (primary N) is 1. The average molecular weight is 259 g/mol. The van der Waals surface area contributed by atoms with Crippen molar-refractivity contribution in [2.75, 3.05) is 36.9 Å². The van der Waals surface area contributed by atoms with Crippen molar-refractivity contribution in [3.8, 4) is 0 Å². The van der Waals surface area contributed by atoms with Crippen LogP contribution in [-0.4, -0.2) is 41.8 Å². The van der Waals surface area contributed by atoms with E-state index in [-0.39, 0.29) is 12.4 Å². The van der Waals surface area contributed by atoms with Gasteiger partial charge >= 0.3 is 5.97 Å². The van der Waals surface area contributed by atoms with Gasteiger partial charge in [-0.25, -0.2) is 4.79 Å². The van der Waals surface area contributed by atoms with Crippen LogP contribution in [0.15, 0.2) is 0 Å². The Morgan fingerprint density at radius 3 is 2.82 bits per heavy atom. The summed E-state index contributed by atoms with van der Waals surface area (Å²) < 4.78 is 8.91. The molecule has 0 fully saturated rings. The molecule has 1 heterocycles. The van der Waals surface area contributed by atoms with Gasteiger partial charge in [0, 0.05) is 13.1 Å². The molecule has 0 aromatic carbocycles. The van der Waals surface area contributed by atoms with Gasteiger partial charge in [0.05, 0.1) is 13.2 Å². The van der Waals surface area contributed by atoms with E-state index in [9.17, 15) is 4.79 Å². The summed E-state index contributed by atoms with van der Waals surface area (Å²) in [6.07, 6.45) is 0. The number of esters is 1. The van der Waals surface area contributed by atoms with Crippen molar-refractivity contribution in [3.05, 3.63) is 5.56 Å². The summed E-state index contributed by atoms with van der Waals surface area (Å²) in [5.74, 6) is -0.287. The molecule has 0 radical (unpaired) electrons. The summed E-state index contributed by atoms with van der Waals surface area (Å²) >= 11 is 1.14. The number of aliphatic hydroxyl groups is 1. The first-order chi connectivity index (χ1) is 8.15. The van der Waals surface area contributed by atoms with Crippen LogP contribution in [0.5, 0.6) is 0 Å². The third-order valence-electron chi connectivity index (χ3n) is 2.22. The molecule has 3 N–H and O–H groups in total. The van der Waals surface area contributed by atoms with Crippen molar-refractivity contribution >= 4 is 28.3 Å². The van der Waals surface area contributed by atoms with E-state index in [2.05, 4.69) is 4.37 Å². The molecule has 0 saturated carbocycles. The molecule has 0 amide bonds. The molecule has 1 aromatic heterocycles.